The first-order chi connectivity index (χ1) is 13.3. The summed E-state index contributed by atoms with van der Waals surface area (Å²) < 4.78 is 28.5. The highest BCUT2D eigenvalue weighted by atomic mass is 32.2. The highest BCUT2D eigenvalue weighted by Gasteiger charge is 2.55. The van der Waals surface area contributed by atoms with E-state index < -0.39 is 10.0 Å². The molecular weight excluding hydrogens is 368 g/mol. The van der Waals surface area contributed by atoms with Crippen molar-refractivity contribution in [1.29, 1.82) is 0 Å². The van der Waals surface area contributed by atoms with Crippen LogP contribution in [-0.4, -0.2) is 38.4 Å². The molecule has 0 aromatic heterocycles. The van der Waals surface area contributed by atoms with Crippen molar-refractivity contribution < 1.29 is 8.42 Å². The van der Waals surface area contributed by atoms with Crippen molar-refractivity contribution in [2.45, 2.75) is 37.6 Å². The lowest BCUT2D eigenvalue weighted by molar-refractivity contribution is 0.287. The molecule has 1 fully saturated rings. The van der Waals surface area contributed by atoms with Crippen molar-refractivity contribution in [2.75, 3.05) is 24.5 Å². The summed E-state index contributed by atoms with van der Waals surface area (Å²) in [5.74, 6) is 0.364. The summed E-state index contributed by atoms with van der Waals surface area (Å²) in [4.78, 5) is 2.84. The smallest absolute Gasteiger partial charge is 0.243 e. The van der Waals surface area contributed by atoms with E-state index in [-0.39, 0.29) is 5.41 Å². The fraction of sp³-hybridized carbons (Fsp3) is 0.391. The molecule has 2 aromatic rings. The molecule has 0 amide bonds. The van der Waals surface area contributed by atoms with Crippen molar-refractivity contribution in [3.05, 3.63) is 71.3 Å². The van der Waals surface area contributed by atoms with E-state index >= 15 is 0 Å². The Hall–Kier alpha value is -2.11. The van der Waals surface area contributed by atoms with Crippen LogP contribution >= 0.6 is 0 Å². The largest absolute Gasteiger partial charge is 0.365 e. The highest BCUT2D eigenvalue weighted by molar-refractivity contribution is 7.89. The van der Waals surface area contributed by atoms with Gasteiger partial charge in [0.25, 0.3) is 0 Å². The molecule has 5 rings (SSSR count). The van der Waals surface area contributed by atoms with Crippen molar-refractivity contribution >= 4 is 15.7 Å². The van der Waals surface area contributed by atoms with Crippen LogP contribution in [0.3, 0.4) is 0 Å². The zero-order valence-electron chi connectivity index (χ0n) is 16.6. The van der Waals surface area contributed by atoms with E-state index in [0.717, 1.165) is 12.1 Å². The van der Waals surface area contributed by atoms with Gasteiger partial charge in [0.05, 0.1) is 4.90 Å². The first-order valence-corrected chi connectivity index (χ1v) is 11.4. The van der Waals surface area contributed by atoms with Crippen LogP contribution in [-0.2, 0) is 10.0 Å². The van der Waals surface area contributed by atoms with Gasteiger partial charge in [0, 0.05) is 42.7 Å². The fourth-order valence-electron chi connectivity index (χ4n) is 5.58. The van der Waals surface area contributed by atoms with Crippen molar-refractivity contribution in [3.8, 4) is 0 Å². The van der Waals surface area contributed by atoms with Gasteiger partial charge >= 0.3 is 0 Å². The zero-order chi connectivity index (χ0) is 19.7. The SMILES string of the molecule is CC1=C[C@@]2(C)CN(S(=O)(=O)c3ccc(C)cc3)CCN3c4ccccc4C1C32. The first-order valence-electron chi connectivity index (χ1n) is 9.93. The molecule has 1 saturated heterocycles. The van der Waals surface area contributed by atoms with Crippen LogP contribution in [0.5, 0.6) is 0 Å². The van der Waals surface area contributed by atoms with Gasteiger partial charge in [0.15, 0.2) is 0 Å². The summed E-state index contributed by atoms with van der Waals surface area (Å²) in [6.45, 7) is 8.15. The van der Waals surface area contributed by atoms with Gasteiger partial charge in [-0.25, -0.2) is 8.42 Å². The number of para-hydroxylation sites is 1. The Kier molecular flexibility index (Phi) is 3.81. The molecular formula is C23H26N2O2S. The van der Waals surface area contributed by atoms with Crippen LogP contribution in [0.15, 0.2) is 65.1 Å². The van der Waals surface area contributed by atoms with Crippen molar-refractivity contribution in [1.82, 2.24) is 4.31 Å². The topological polar surface area (TPSA) is 40.6 Å². The van der Waals surface area contributed by atoms with E-state index in [9.17, 15) is 8.42 Å². The summed E-state index contributed by atoms with van der Waals surface area (Å²) in [6.07, 6.45) is 2.33. The van der Waals surface area contributed by atoms with E-state index in [1.165, 1.54) is 16.8 Å². The van der Waals surface area contributed by atoms with Crippen LogP contribution < -0.4 is 4.90 Å². The van der Waals surface area contributed by atoms with Gasteiger partial charge in [-0.2, -0.15) is 4.31 Å². The Morgan fingerprint density at radius 3 is 2.46 bits per heavy atom. The third kappa shape index (κ3) is 2.42. The number of nitrogens with zero attached hydrogens (tertiary/aromatic N) is 2. The molecule has 0 saturated carbocycles. The Bertz CT molecular complexity index is 1070. The van der Waals surface area contributed by atoms with Crippen LogP contribution in [0, 0.1) is 12.3 Å². The lowest BCUT2D eigenvalue weighted by Crippen LogP contribution is -2.45. The molecule has 0 bridgehead atoms. The van der Waals surface area contributed by atoms with Gasteiger partial charge in [0.1, 0.15) is 0 Å². The Balaban J connectivity index is 1.57. The molecule has 0 radical (unpaired) electrons. The van der Waals surface area contributed by atoms with Gasteiger partial charge < -0.3 is 4.90 Å². The molecule has 2 aromatic carbocycles. The van der Waals surface area contributed by atoms with E-state index in [1.807, 2.05) is 19.1 Å². The average molecular weight is 395 g/mol. The molecule has 146 valence electrons. The minimum Gasteiger partial charge on any atom is -0.365 e. The minimum absolute atomic E-state index is 0.206. The van der Waals surface area contributed by atoms with Crippen LogP contribution in [0.1, 0.15) is 30.9 Å². The second kappa shape index (κ2) is 5.94. The number of sulfonamides is 1. The molecule has 2 heterocycles. The summed E-state index contributed by atoms with van der Waals surface area (Å²) in [7, 11) is -3.51. The highest BCUT2D eigenvalue weighted by Crippen LogP contribution is 2.57. The number of anilines is 1. The maximum Gasteiger partial charge on any atom is 0.243 e. The minimum atomic E-state index is -3.51. The molecule has 2 aliphatic heterocycles. The fourth-order valence-corrected chi connectivity index (χ4v) is 7.13. The molecule has 3 aliphatic rings. The summed E-state index contributed by atoms with van der Waals surface area (Å²) >= 11 is 0. The summed E-state index contributed by atoms with van der Waals surface area (Å²) in [5, 5.41) is 0. The molecule has 1 aliphatic carbocycles. The maximum absolute atomic E-state index is 13.4. The van der Waals surface area contributed by atoms with E-state index in [1.54, 1.807) is 16.4 Å². The standard InChI is InChI=1S/C23H26N2O2S/c1-16-8-10-18(11-9-16)28(26,27)24-12-13-25-20-7-5-4-6-19(20)21-17(2)14-23(3,15-24)22(21)25/h4-11,14,21-22H,12-13,15H2,1-3H3/t21?,22?,23-/m0/s1. The normalized spacial score (nSPS) is 29.2. The van der Waals surface area contributed by atoms with Gasteiger partial charge in [-0.05, 0) is 37.6 Å². The van der Waals surface area contributed by atoms with Gasteiger partial charge in [-0.3, -0.25) is 0 Å². The lowest BCUT2D eigenvalue weighted by Gasteiger charge is -2.36. The van der Waals surface area contributed by atoms with Crippen LogP contribution in [0.4, 0.5) is 5.69 Å². The molecule has 0 N–H and O–H groups in total. The molecule has 4 nitrogen and oxygen atoms in total. The number of rotatable bonds is 2. The van der Waals surface area contributed by atoms with Crippen LogP contribution in [0.2, 0.25) is 0 Å². The van der Waals surface area contributed by atoms with Crippen molar-refractivity contribution in [2.24, 2.45) is 5.41 Å². The van der Waals surface area contributed by atoms with E-state index in [0.29, 0.717) is 29.9 Å². The number of benzene rings is 2. The number of hydrogen-bond acceptors (Lipinski definition) is 3. The number of hydrogen-bond donors (Lipinski definition) is 0. The summed E-state index contributed by atoms with van der Waals surface area (Å²) in [5.41, 5.74) is 4.88. The molecule has 2 unspecified atom stereocenters. The first kappa shape index (κ1) is 18.0. The number of aryl methyl sites for hydroxylation is 1. The summed E-state index contributed by atoms with van der Waals surface area (Å²) in [6, 6.07) is 16.1. The van der Waals surface area contributed by atoms with Gasteiger partial charge in [-0.1, -0.05) is 54.5 Å². The molecule has 0 spiro atoms. The second-order valence-electron chi connectivity index (χ2n) is 8.72. The van der Waals surface area contributed by atoms with E-state index in [4.69, 9.17) is 0 Å². The lowest BCUT2D eigenvalue weighted by atomic mass is 9.81. The van der Waals surface area contributed by atoms with Gasteiger partial charge in [0.2, 0.25) is 10.0 Å². The predicted molar refractivity (Wildman–Crippen MR) is 112 cm³/mol. The Labute approximate surface area is 167 Å². The maximum atomic E-state index is 13.4. The molecule has 5 heteroatoms. The Morgan fingerprint density at radius 1 is 1.00 bits per heavy atom. The van der Waals surface area contributed by atoms with Gasteiger partial charge in [-0.15, -0.1) is 0 Å². The van der Waals surface area contributed by atoms with E-state index in [2.05, 4.69) is 49.1 Å². The van der Waals surface area contributed by atoms with Crippen LogP contribution in [0.25, 0.3) is 0 Å². The average Bonchev–Trinajstić information content (AvgIpc) is 3.07. The third-order valence-electron chi connectivity index (χ3n) is 6.72. The third-order valence-corrected chi connectivity index (χ3v) is 8.58. The quantitative estimate of drug-likeness (QED) is 0.725. The second-order valence-corrected chi connectivity index (χ2v) is 10.7. The van der Waals surface area contributed by atoms with Crippen molar-refractivity contribution in [3.63, 3.8) is 0 Å². The zero-order valence-corrected chi connectivity index (χ0v) is 17.4. The molecule has 3 atom stereocenters. The predicted octanol–water partition coefficient (Wildman–Crippen LogP) is 3.94. The monoisotopic (exact) mass is 394 g/mol. The molecule has 28 heavy (non-hydrogen) atoms. The Morgan fingerprint density at radius 2 is 1.71 bits per heavy atom. The number of fused-ring (bicyclic) bond motifs is 3.